The van der Waals surface area contributed by atoms with Crippen LogP contribution in [-0.4, -0.2) is 25.5 Å². The van der Waals surface area contributed by atoms with E-state index in [-0.39, 0.29) is 17.3 Å². The van der Waals surface area contributed by atoms with Crippen LogP contribution < -0.4 is 8.91 Å². The molecule has 2 saturated carbocycles. The summed E-state index contributed by atoms with van der Waals surface area (Å²) in [6, 6.07) is 5.48. The second-order valence-corrected chi connectivity index (χ2v) is 9.97. The molecule has 154 valence electrons. The molecule has 0 spiro atoms. The Morgan fingerprint density at radius 1 is 1.29 bits per heavy atom. The highest BCUT2D eigenvalue weighted by Gasteiger charge is 2.55. The normalized spacial score (nSPS) is 34.1. The molecule has 2 fully saturated rings. The Balaban J connectivity index is 1.58. The Labute approximate surface area is 166 Å². The number of aliphatic hydroxyl groups is 1. The first-order chi connectivity index (χ1) is 13.3. The van der Waals surface area contributed by atoms with Crippen molar-refractivity contribution in [2.75, 3.05) is 0 Å². The maximum atomic E-state index is 11.9. The lowest BCUT2D eigenvalue weighted by atomic mass is 9.54. The summed E-state index contributed by atoms with van der Waals surface area (Å²) in [6.07, 6.45) is 7.00. The van der Waals surface area contributed by atoms with Crippen molar-refractivity contribution in [2.24, 2.45) is 17.3 Å². The molecule has 5 atom stereocenters. The second kappa shape index (κ2) is 7.02. The van der Waals surface area contributed by atoms with E-state index in [1.807, 2.05) is 10.8 Å². The van der Waals surface area contributed by atoms with E-state index in [1.54, 1.807) is 12.1 Å². The van der Waals surface area contributed by atoms with Crippen molar-refractivity contribution < 1.29 is 22.5 Å². The van der Waals surface area contributed by atoms with Crippen molar-refractivity contribution in [3.05, 3.63) is 29.3 Å². The van der Waals surface area contributed by atoms with Gasteiger partial charge in [-0.3, -0.25) is 4.79 Å². The molecule has 5 unspecified atom stereocenters. The zero-order valence-electron chi connectivity index (χ0n) is 16.5. The van der Waals surface area contributed by atoms with E-state index in [4.69, 9.17) is 4.18 Å². The van der Waals surface area contributed by atoms with Gasteiger partial charge in [0.05, 0.1) is 6.10 Å². The topological polar surface area (TPSA) is 92.7 Å². The molecule has 4 rings (SSSR count). The van der Waals surface area contributed by atoms with Crippen LogP contribution in [0.2, 0.25) is 0 Å². The zero-order valence-corrected chi connectivity index (χ0v) is 17.3. The Bertz CT molecular complexity index is 883. The Morgan fingerprint density at radius 3 is 2.79 bits per heavy atom. The summed E-state index contributed by atoms with van der Waals surface area (Å²) in [5, 5.41) is 10.7. The molecule has 0 aromatic heterocycles. The van der Waals surface area contributed by atoms with Crippen LogP contribution >= 0.6 is 0 Å². The fourth-order valence-corrected chi connectivity index (χ4v) is 7.14. The molecule has 1 aromatic rings. The third kappa shape index (κ3) is 3.22. The van der Waals surface area contributed by atoms with Crippen LogP contribution in [0.15, 0.2) is 18.2 Å². The Kier molecular flexibility index (Phi) is 4.94. The van der Waals surface area contributed by atoms with Crippen LogP contribution in [0.25, 0.3) is 0 Å². The first-order valence-electron chi connectivity index (χ1n) is 10.3. The van der Waals surface area contributed by atoms with Gasteiger partial charge in [-0.05, 0) is 91.4 Å². The minimum atomic E-state index is -4.14. The van der Waals surface area contributed by atoms with Gasteiger partial charge in [-0.25, -0.2) is 4.72 Å². The average molecular weight is 408 g/mol. The van der Waals surface area contributed by atoms with E-state index in [1.165, 1.54) is 5.56 Å². The number of aryl methyl sites for hydroxylation is 1. The van der Waals surface area contributed by atoms with Gasteiger partial charge in [-0.2, -0.15) is 8.42 Å². The van der Waals surface area contributed by atoms with Gasteiger partial charge in [-0.1, -0.05) is 13.0 Å². The molecule has 3 aliphatic rings. The molecule has 0 radical (unpaired) electrons. The fourth-order valence-electron chi connectivity index (χ4n) is 6.39. The van der Waals surface area contributed by atoms with Gasteiger partial charge in [-0.15, -0.1) is 0 Å². The highest BCUT2D eigenvalue weighted by molar-refractivity contribution is 7.85. The van der Waals surface area contributed by atoms with E-state index in [0.29, 0.717) is 17.8 Å². The summed E-state index contributed by atoms with van der Waals surface area (Å²) in [5.41, 5.74) is 2.53. The molecule has 1 amide bonds. The van der Waals surface area contributed by atoms with Crippen molar-refractivity contribution in [3.8, 4) is 5.75 Å². The highest BCUT2D eigenvalue weighted by Crippen LogP contribution is 2.62. The lowest BCUT2D eigenvalue weighted by Gasteiger charge is -2.51. The van der Waals surface area contributed by atoms with E-state index >= 15 is 0 Å². The van der Waals surface area contributed by atoms with Gasteiger partial charge < -0.3 is 9.29 Å². The van der Waals surface area contributed by atoms with Crippen LogP contribution in [0.5, 0.6) is 5.75 Å². The number of hydrogen-bond acceptors (Lipinski definition) is 5. The number of aliphatic hydroxyl groups excluding tert-OH is 1. The summed E-state index contributed by atoms with van der Waals surface area (Å²) >= 11 is 0. The van der Waals surface area contributed by atoms with Gasteiger partial charge in [0.25, 0.3) is 0 Å². The van der Waals surface area contributed by atoms with Crippen molar-refractivity contribution in [1.29, 1.82) is 0 Å². The summed E-state index contributed by atoms with van der Waals surface area (Å²) in [6.45, 7) is 3.35. The number of amides is 1. The number of benzene rings is 1. The molecule has 0 heterocycles. The molecule has 3 aliphatic carbocycles. The van der Waals surface area contributed by atoms with E-state index in [9.17, 15) is 18.3 Å². The van der Waals surface area contributed by atoms with E-state index in [2.05, 4.69) is 6.92 Å². The van der Waals surface area contributed by atoms with Crippen LogP contribution in [-0.2, 0) is 21.5 Å². The summed E-state index contributed by atoms with van der Waals surface area (Å²) in [5.74, 6) is 1.20. The van der Waals surface area contributed by atoms with E-state index in [0.717, 1.165) is 57.4 Å². The molecule has 2 N–H and O–H groups in total. The number of carbonyl (C=O) groups excluding carboxylic acids is 1. The number of hydrogen-bond donors (Lipinski definition) is 2. The number of nitrogens with one attached hydrogen (secondary N) is 1. The van der Waals surface area contributed by atoms with Gasteiger partial charge in [0, 0.05) is 6.92 Å². The predicted octanol–water partition coefficient (Wildman–Crippen LogP) is 3.05. The molecule has 1 aromatic carbocycles. The maximum absolute atomic E-state index is 11.9. The number of rotatable bonds is 4. The second-order valence-electron chi connectivity index (χ2n) is 8.69. The predicted molar refractivity (Wildman–Crippen MR) is 105 cm³/mol. The minimum Gasteiger partial charge on any atom is -0.393 e. The molecule has 0 saturated heterocycles. The SMILES string of the molecule is CCC12CCC3c4ccc(OS(=O)(=O)NC(C)=O)cc4CCC3C1CCC2O. The van der Waals surface area contributed by atoms with Crippen LogP contribution in [0, 0.1) is 17.3 Å². The molecule has 28 heavy (non-hydrogen) atoms. The standard InChI is InChI=1S/C21H29NO5S/c1-3-21-11-10-17-16-7-5-15(27-28(25,26)22-13(2)23)12-14(16)4-6-18(17)19(21)8-9-20(21)24/h5,7,12,17-20,24H,3-4,6,8-11H2,1-2H3,(H,22,23). The number of fused-ring (bicyclic) bond motifs is 5. The van der Waals surface area contributed by atoms with E-state index < -0.39 is 16.2 Å². The lowest BCUT2D eigenvalue weighted by Crippen LogP contribution is -2.45. The molecule has 0 bridgehead atoms. The Morgan fingerprint density at radius 2 is 2.07 bits per heavy atom. The molecular weight excluding hydrogens is 378 g/mol. The lowest BCUT2D eigenvalue weighted by molar-refractivity contribution is -0.117. The largest absolute Gasteiger partial charge is 0.409 e. The van der Waals surface area contributed by atoms with Crippen LogP contribution in [0.3, 0.4) is 0 Å². The zero-order chi connectivity index (χ0) is 20.1. The molecule has 0 aliphatic heterocycles. The average Bonchev–Trinajstić information content (AvgIpc) is 2.97. The summed E-state index contributed by atoms with van der Waals surface area (Å²) in [7, 11) is -4.14. The molecule has 7 heteroatoms. The molecular formula is C21H29NO5S. The van der Waals surface area contributed by atoms with Gasteiger partial charge in [0.2, 0.25) is 5.91 Å². The fraction of sp³-hybridized carbons (Fsp3) is 0.667. The highest BCUT2D eigenvalue weighted by atomic mass is 32.2. The Hall–Kier alpha value is -1.60. The van der Waals surface area contributed by atoms with Gasteiger partial charge >= 0.3 is 10.3 Å². The minimum absolute atomic E-state index is 0.0914. The van der Waals surface area contributed by atoms with Crippen molar-refractivity contribution in [2.45, 2.75) is 70.8 Å². The van der Waals surface area contributed by atoms with Crippen molar-refractivity contribution >= 4 is 16.2 Å². The monoisotopic (exact) mass is 407 g/mol. The first kappa shape index (κ1) is 19.7. The van der Waals surface area contributed by atoms with Gasteiger partial charge in [0.15, 0.2) is 0 Å². The number of carbonyl (C=O) groups is 1. The quantitative estimate of drug-likeness (QED) is 0.800. The smallest absolute Gasteiger partial charge is 0.393 e. The van der Waals surface area contributed by atoms with Crippen molar-refractivity contribution in [3.63, 3.8) is 0 Å². The third-order valence-corrected chi connectivity index (χ3v) is 8.45. The van der Waals surface area contributed by atoms with Crippen molar-refractivity contribution in [1.82, 2.24) is 4.72 Å². The molecule has 6 nitrogen and oxygen atoms in total. The van der Waals surface area contributed by atoms with Crippen LogP contribution in [0.4, 0.5) is 0 Å². The first-order valence-corrected chi connectivity index (χ1v) is 11.7. The summed E-state index contributed by atoms with van der Waals surface area (Å²) in [4.78, 5) is 11.0. The summed E-state index contributed by atoms with van der Waals surface area (Å²) < 4.78 is 30.6. The third-order valence-electron chi connectivity index (χ3n) is 7.50. The maximum Gasteiger partial charge on any atom is 0.409 e. The van der Waals surface area contributed by atoms with Gasteiger partial charge in [0.1, 0.15) is 5.75 Å². The van der Waals surface area contributed by atoms with Crippen LogP contribution in [0.1, 0.15) is 69.4 Å².